The van der Waals surface area contributed by atoms with E-state index in [1.807, 2.05) is 0 Å². The maximum Gasteiger partial charge on any atom is 0.0571 e. The molecule has 3 unspecified atom stereocenters. The first-order valence-corrected chi connectivity index (χ1v) is 3.37. The van der Waals surface area contributed by atoms with Crippen LogP contribution in [0.5, 0.6) is 0 Å². The molecule has 2 rings (SSSR count). The van der Waals surface area contributed by atoms with Crippen LogP contribution in [0.1, 0.15) is 19.3 Å². The lowest BCUT2D eigenvalue weighted by Gasteiger charge is -2.14. The predicted molar refractivity (Wildman–Crippen MR) is 31.1 cm³/mol. The van der Waals surface area contributed by atoms with E-state index in [2.05, 4.69) is 6.42 Å². The van der Waals surface area contributed by atoms with Crippen molar-refractivity contribution < 1.29 is 5.11 Å². The molecule has 2 saturated carbocycles. The summed E-state index contributed by atoms with van der Waals surface area (Å²) in [6.07, 6.45) is 5.89. The minimum absolute atomic E-state index is 0.0463. The molecule has 3 atom stereocenters. The SMILES string of the molecule is OC1CC2[CH]CC1C2. The summed E-state index contributed by atoms with van der Waals surface area (Å²) in [5.41, 5.74) is 0. The van der Waals surface area contributed by atoms with E-state index in [0.29, 0.717) is 5.92 Å². The van der Waals surface area contributed by atoms with Gasteiger partial charge in [-0.1, -0.05) is 0 Å². The number of rotatable bonds is 0. The molecule has 0 aromatic carbocycles. The number of aliphatic hydroxyl groups is 1. The van der Waals surface area contributed by atoms with Crippen molar-refractivity contribution in [2.75, 3.05) is 0 Å². The van der Waals surface area contributed by atoms with E-state index < -0.39 is 0 Å². The Kier molecular flexibility index (Phi) is 0.884. The van der Waals surface area contributed by atoms with Gasteiger partial charge in [0.1, 0.15) is 0 Å². The predicted octanol–water partition coefficient (Wildman–Crippen LogP) is 0.981. The summed E-state index contributed by atoms with van der Waals surface area (Å²) < 4.78 is 0. The molecule has 8 heavy (non-hydrogen) atoms. The van der Waals surface area contributed by atoms with Gasteiger partial charge in [0, 0.05) is 0 Å². The van der Waals surface area contributed by atoms with Gasteiger partial charge in [-0.15, -0.1) is 0 Å². The van der Waals surface area contributed by atoms with Gasteiger partial charge < -0.3 is 5.11 Å². The fourth-order valence-corrected chi connectivity index (χ4v) is 1.96. The van der Waals surface area contributed by atoms with Gasteiger partial charge in [0.15, 0.2) is 0 Å². The van der Waals surface area contributed by atoms with Crippen molar-refractivity contribution in [3.63, 3.8) is 0 Å². The standard InChI is InChI=1S/C7H11O/c8-7-4-5-1-2-6(7)3-5/h1,5-8H,2-4H2. The van der Waals surface area contributed by atoms with Crippen molar-refractivity contribution in [1.82, 2.24) is 0 Å². The maximum absolute atomic E-state index is 9.20. The van der Waals surface area contributed by atoms with Crippen molar-refractivity contribution in [3.05, 3.63) is 6.42 Å². The second kappa shape index (κ2) is 1.47. The van der Waals surface area contributed by atoms with Crippen LogP contribution < -0.4 is 0 Å². The summed E-state index contributed by atoms with van der Waals surface area (Å²) in [5, 5.41) is 9.20. The van der Waals surface area contributed by atoms with Gasteiger partial charge in [0.25, 0.3) is 0 Å². The van der Waals surface area contributed by atoms with E-state index in [-0.39, 0.29) is 6.10 Å². The van der Waals surface area contributed by atoms with E-state index in [0.717, 1.165) is 12.3 Å². The zero-order valence-corrected chi connectivity index (χ0v) is 4.88. The van der Waals surface area contributed by atoms with Crippen LogP contribution >= 0.6 is 0 Å². The van der Waals surface area contributed by atoms with Gasteiger partial charge in [-0.3, -0.25) is 0 Å². The molecular weight excluding hydrogens is 100 g/mol. The molecule has 0 amide bonds. The molecule has 1 N–H and O–H groups in total. The highest BCUT2D eigenvalue weighted by Gasteiger charge is 2.38. The summed E-state index contributed by atoms with van der Waals surface area (Å²) in [6, 6.07) is 0. The van der Waals surface area contributed by atoms with Gasteiger partial charge in [-0.2, -0.15) is 0 Å². The second-order valence-electron chi connectivity index (χ2n) is 3.03. The smallest absolute Gasteiger partial charge is 0.0571 e. The van der Waals surface area contributed by atoms with Crippen LogP contribution in [0, 0.1) is 18.3 Å². The molecule has 0 spiro atoms. The molecule has 2 fully saturated rings. The molecule has 0 saturated heterocycles. The van der Waals surface area contributed by atoms with E-state index in [9.17, 15) is 5.11 Å². The highest BCUT2D eigenvalue weighted by Crippen LogP contribution is 2.43. The molecule has 0 aliphatic heterocycles. The highest BCUT2D eigenvalue weighted by molar-refractivity contribution is 4.99. The summed E-state index contributed by atoms with van der Waals surface area (Å²) in [5.74, 6) is 1.41. The summed E-state index contributed by atoms with van der Waals surface area (Å²) in [6.45, 7) is 0. The van der Waals surface area contributed by atoms with Crippen LogP contribution in [0.3, 0.4) is 0 Å². The molecule has 2 aliphatic rings. The summed E-state index contributed by atoms with van der Waals surface area (Å²) >= 11 is 0. The lowest BCUT2D eigenvalue weighted by molar-refractivity contribution is 0.123. The van der Waals surface area contributed by atoms with E-state index >= 15 is 0 Å². The van der Waals surface area contributed by atoms with Crippen LogP contribution in [0.25, 0.3) is 0 Å². The summed E-state index contributed by atoms with van der Waals surface area (Å²) in [7, 11) is 0. The largest absolute Gasteiger partial charge is 0.393 e. The molecule has 0 aromatic rings. The third-order valence-corrected chi connectivity index (χ3v) is 2.47. The van der Waals surface area contributed by atoms with Gasteiger partial charge in [-0.05, 0) is 37.5 Å². The Hall–Kier alpha value is -0.0400. The first-order chi connectivity index (χ1) is 3.86. The highest BCUT2D eigenvalue weighted by atomic mass is 16.3. The van der Waals surface area contributed by atoms with E-state index in [1.54, 1.807) is 0 Å². The Morgan fingerprint density at radius 3 is 2.50 bits per heavy atom. The molecule has 2 bridgehead atoms. The first kappa shape index (κ1) is 4.80. The van der Waals surface area contributed by atoms with Gasteiger partial charge in [0.2, 0.25) is 0 Å². The molecule has 0 heterocycles. The lowest BCUT2D eigenvalue weighted by Crippen LogP contribution is -2.14. The summed E-state index contributed by atoms with van der Waals surface area (Å²) in [4.78, 5) is 0. The molecule has 1 radical (unpaired) electrons. The number of hydrogen-bond acceptors (Lipinski definition) is 1. The van der Waals surface area contributed by atoms with Crippen LogP contribution in [0.4, 0.5) is 0 Å². The Bertz CT molecular complexity index is 98.6. The lowest BCUT2D eigenvalue weighted by atomic mass is 9.98. The topological polar surface area (TPSA) is 20.2 Å². The van der Waals surface area contributed by atoms with Crippen molar-refractivity contribution in [3.8, 4) is 0 Å². The normalized spacial score (nSPS) is 52.9. The fraction of sp³-hybridized carbons (Fsp3) is 0.857. The van der Waals surface area contributed by atoms with Crippen LogP contribution in [-0.2, 0) is 0 Å². The average Bonchev–Trinajstić information content (AvgIpc) is 2.23. The Morgan fingerprint density at radius 1 is 1.38 bits per heavy atom. The minimum atomic E-state index is 0.0463. The zero-order chi connectivity index (χ0) is 5.56. The first-order valence-electron chi connectivity index (χ1n) is 3.37. The van der Waals surface area contributed by atoms with Crippen LogP contribution in [0.15, 0.2) is 0 Å². The quantitative estimate of drug-likeness (QED) is 0.494. The molecule has 0 aromatic heterocycles. The Labute approximate surface area is 49.7 Å². The Morgan fingerprint density at radius 2 is 2.25 bits per heavy atom. The Balaban J connectivity index is 2.11. The number of fused-ring (bicyclic) bond motifs is 2. The second-order valence-corrected chi connectivity index (χ2v) is 3.03. The monoisotopic (exact) mass is 111 g/mol. The van der Waals surface area contributed by atoms with Crippen LogP contribution in [0.2, 0.25) is 0 Å². The minimum Gasteiger partial charge on any atom is -0.393 e. The molecular formula is C7H11O. The third-order valence-electron chi connectivity index (χ3n) is 2.47. The zero-order valence-electron chi connectivity index (χ0n) is 4.88. The van der Waals surface area contributed by atoms with Crippen molar-refractivity contribution in [2.24, 2.45) is 11.8 Å². The van der Waals surface area contributed by atoms with Gasteiger partial charge in [0.05, 0.1) is 6.10 Å². The average molecular weight is 111 g/mol. The van der Waals surface area contributed by atoms with E-state index in [1.165, 1.54) is 12.8 Å². The number of aliphatic hydroxyl groups excluding tert-OH is 1. The van der Waals surface area contributed by atoms with Crippen molar-refractivity contribution in [2.45, 2.75) is 25.4 Å². The van der Waals surface area contributed by atoms with Gasteiger partial charge in [-0.25, -0.2) is 0 Å². The third kappa shape index (κ3) is 0.510. The van der Waals surface area contributed by atoms with Gasteiger partial charge >= 0.3 is 0 Å². The fourth-order valence-electron chi connectivity index (χ4n) is 1.96. The number of hydrogen-bond donors (Lipinski definition) is 1. The van der Waals surface area contributed by atoms with E-state index in [4.69, 9.17) is 0 Å². The molecule has 1 nitrogen and oxygen atoms in total. The molecule has 45 valence electrons. The van der Waals surface area contributed by atoms with Crippen molar-refractivity contribution >= 4 is 0 Å². The van der Waals surface area contributed by atoms with Crippen molar-refractivity contribution in [1.29, 1.82) is 0 Å². The van der Waals surface area contributed by atoms with Crippen LogP contribution in [-0.4, -0.2) is 11.2 Å². The maximum atomic E-state index is 9.20. The molecule has 2 aliphatic carbocycles. The molecule has 1 heteroatoms.